The zero-order valence-corrected chi connectivity index (χ0v) is 19.8. The van der Waals surface area contributed by atoms with E-state index in [-0.39, 0.29) is 24.5 Å². The number of benzene rings is 2. The summed E-state index contributed by atoms with van der Waals surface area (Å²) in [7, 11) is 0. The molecule has 2 aromatic rings. The van der Waals surface area contributed by atoms with E-state index in [0.717, 1.165) is 17.5 Å². The third-order valence-corrected chi connectivity index (χ3v) is 5.40. The van der Waals surface area contributed by atoms with Crippen molar-refractivity contribution in [1.29, 1.82) is 0 Å². The van der Waals surface area contributed by atoms with E-state index in [1.807, 2.05) is 54.6 Å². The van der Waals surface area contributed by atoms with Crippen molar-refractivity contribution in [3.05, 3.63) is 65.7 Å². The number of hydrazine groups is 1. The summed E-state index contributed by atoms with van der Waals surface area (Å²) in [5.74, 6) is 0.944. The van der Waals surface area contributed by atoms with E-state index in [0.29, 0.717) is 37.6 Å². The molecular weight excluding hydrogens is 418 g/mol. The Kier molecular flexibility index (Phi) is 8.47. The molecule has 0 aliphatic carbocycles. The summed E-state index contributed by atoms with van der Waals surface area (Å²) >= 11 is 0. The van der Waals surface area contributed by atoms with Crippen LogP contribution in [-0.4, -0.2) is 48.8 Å². The number of nitrogens with one attached hydrogen (secondary N) is 2. The number of aliphatic hydroxyl groups excluding tert-OH is 1. The zero-order chi connectivity index (χ0) is 23.7. The maximum Gasteiger partial charge on any atom is 0.266 e. The maximum absolute atomic E-state index is 13.3. The molecule has 0 radical (unpaired) electrons. The van der Waals surface area contributed by atoms with Gasteiger partial charge in [0.1, 0.15) is 12.4 Å². The molecule has 7 nitrogen and oxygen atoms in total. The molecule has 1 heterocycles. The van der Waals surface area contributed by atoms with Crippen LogP contribution in [-0.2, 0) is 16.0 Å². The van der Waals surface area contributed by atoms with Crippen LogP contribution in [0.1, 0.15) is 44.7 Å². The number of rotatable bonds is 11. The fraction of sp³-hybridized carbons (Fsp3) is 0.462. The summed E-state index contributed by atoms with van der Waals surface area (Å²) < 4.78 is 11.5. The average Bonchev–Trinajstić information content (AvgIpc) is 3.22. The van der Waals surface area contributed by atoms with Crippen LogP contribution in [0.4, 0.5) is 0 Å². The summed E-state index contributed by atoms with van der Waals surface area (Å²) in [5, 5.41) is 8.89. The molecule has 0 spiro atoms. The van der Waals surface area contributed by atoms with Gasteiger partial charge in [-0.05, 0) is 41.7 Å². The van der Waals surface area contributed by atoms with E-state index in [1.165, 1.54) is 0 Å². The fourth-order valence-electron chi connectivity index (χ4n) is 3.46. The van der Waals surface area contributed by atoms with E-state index in [1.54, 1.807) is 0 Å². The van der Waals surface area contributed by atoms with Crippen LogP contribution in [0.15, 0.2) is 59.6 Å². The lowest BCUT2D eigenvalue weighted by molar-refractivity contribution is -0.127. The molecule has 0 unspecified atom stereocenters. The molecule has 3 rings (SSSR count). The molecule has 2 aromatic carbocycles. The molecule has 0 bridgehead atoms. The number of amides is 1. The Morgan fingerprint density at radius 2 is 1.88 bits per heavy atom. The van der Waals surface area contributed by atoms with Gasteiger partial charge in [-0.3, -0.25) is 10.2 Å². The first-order chi connectivity index (χ1) is 15.8. The first-order valence-electron chi connectivity index (χ1n) is 11.5. The van der Waals surface area contributed by atoms with Gasteiger partial charge in [-0.15, -0.1) is 0 Å². The van der Waals surface area contributed by atoms with Crippen LogP contribution < -0.4 is 15.6 Å². The van der Waals surface area contributed by atoms with Crippen LogP contribution in [0.5, 0.6) is 5.75 Å². The molecule has 0 saturated heterocycles. The van der Waals surface area contributed by atoms with Gasteiger partial charge in [-0.2, -0.15) is 0 Å². The van der Waals surface area contributed by atoms with Gasteiger partial charge in [-0.1, -0.05) is 51.1 Å². The molecule has 33 heavy (non-hydrogen) atoms. The van der Waals surface area contributed by atoms with Gasteiger partial charge in [0.05, 0.1) is 6.61 Å². The van der Waals surface area contributed by atoms with Crippen molar-refractivity contribution < 1.29 is 19.4 Å². The smallest absolute Gasteiger partial charge is 0.266 e. The molecule has 0 fully saturated rings. The minimum atomic E-state index is -1.05. The molecule has 3 N–H and O–H groups in total. The average molecular weight is 454 g/mol. The number of hydrogen-bond donors (Lipinski definition) is 3. The van der Waals surface area contributed by atoms with Gasteiger partial charge in [-0.25, -0.2) is 10.4 Å². The quantitative estimate of drug-likeness (QED) is 0.359. The highest BCUT2D eigenvalue weighted by Gasteiger charge is 2.44. The van der Waals surface area contributed by atoms with E-state index in [9.17, 15) is 4.79 Å². The van der Waals surface area contributed by atoms with Gasteiger partial charge >= 0.3 is 0 Å². The maximum atomic E-state index is 13.3. The van der Waals surface area contributed by atoms with E-state index < -0.39 is 5.54 Å². The lowest BCUT2D eigenvalue weighted by Gasteiger charge is -2.24. The molecular formula is C26H35N3O4. The largest absolute Gasteiger partial charge is 0.494 e. The van der Waals surface area contributed by atoms with Gasteiger partial charge in [0, 0.05) is 31.6 Å². The monoisotopic (exact) mass is 453 g/mol. The van der Waals surface area contributed by atoms with Gasteiger partial charge in [0.25, 0.3) is 5.91 Å². The predicted molar refractivity (Wildman–Crippen MR) is 129 cm³/mol. The number of ether oxygens (including phenoxy) is 2. The normalized spacial score (nSPS) is 17.9. The molecule has 1 atom stereocenters. The van der Waals surface area contributed by atoms with Crippen LogP contribution in [0.2, 0.25) is 0 Å². The Hall–Kier alpha value is -2.90. The van der Waals surface area contributed by atoms with Crippen molar-refractivity contribution in [2.45, 2.75) is 45.6 Å². The van der Waals surface area contributed by atoms with Crippen molar-refractivity contribution >= 4 is 11.8 Å². The molecule has 7 heteroatoms. The van der Waals surface area contributed by atoms with Crippen molar-refractivity contribution in [2.75, 3.05) is 26.4 Å². The van der Waals surface area contributed by atoms with Crippen molar-refractivity contribution in [1.82, 2.24) is 10.9 Å². The predicted octanol–water partition coefficient (Wildman–Crippen LogP) is 3.26. The van der Waals surface area contributed by atoms with Crippen LogP contribution in [0, 0.1) is 5.41 Å². The van der Waals surface area contributed by atoms with E-state index >= 15 is 0 Å². The van der Waals surface area contributed by atoms with Crippen LogP contribution in [0.25, 0.3) is 0 Å². The number of hydrogen-bond acceptors (Lipinski definition) is 6. The van der Waals surface area contributed by atoms with Gasteiger partial charge < -0.3 is 14.6 Å². The van der Waals surface area contributed by atoms with Crippen molar-refractivity contribution in [3.63, 3.8) is 0 Å². The van der Waals surface area contributed by atoms with Gasteiger partial charge in [0.2, 0.25) is 5.90 Å². The second-order valence-electron chi connectivity index (χ2n) is 9.54. The Bertz CT molecular complexity index is 923. The lowest BCUT2D eigenvalue weighted by atomic mass is 9.91. The molecule has 0 aromatic heterocycles. The third kappa shape index (κ3) is 7.30. The second kappa shape index (κ2) is 11.3. The first kappa shape index (κ1) is 24.7. The fourth-order valence-corrected chi connectivity index (χ4v) is 3.46. The zero-order valence-electron chi connectivity index (χ0n) is 19.8. The molecule has 1 aliphatic rings. The topological polar surface area (TPSA) is 92.2 Å². The molecule has 1 amide bonds. The standard InChI is InChI=1S/C26H35N3O4/c1-25(2,3)14-15-27-29-24(31)26(18-20-8-5-4-6-9-20)19-33-23(28-26)21-10-12-22(13-11-21)32-17-7-16-30/h4-6,8-13,27,30H,7,14-19H2,1-3H3,(H,29,31)/t26-/m0/s1. The van der Waals surface area contributed by atoms with Crippen molar-refractivity contribution in [3.8, 4) is 5.75 Å². The third-order valence-electron chi connectivity index (χ3n) is 5.40. The number of nitrogens with zero attached hydrogens (tertiary/aromatic N) is 1. The number of aliphatic imine (C=N–C) groups is 1. The highest BCUT2D eigenvalue weighted by atomic mass is 16.5. The van der Waals surface area contributed by atoms with Crippen LogP contribution in [0.3, 0.4) is 0 Å². The van der Waals surface area contributed by atoms with Crippen molar-refractivity contribution in [2.24, 2.45) is 10.4 Å². The highest BCUT2D eigenvalue weighted by Crippen LogP contribution is 2.27. The summed E-state index contributed by atoms with van der Waals surface area (Å²) in [6, 6.07) is 17.3. The minimum absolute atomic E-state index is 0.0966. The summed E-state index contributed by atoms with van der Waals surface area (Å²) in [6.07, 6.45) is 1.95. The number of aliphatic hydroxyl groups is 1. The molecule has 0 saturated carbocycles. The molecule has 178 valence electrons. The Morgan fingerprint density at radius 1 is 1.15 bits per heavy atom. The Labute approximate surface area is 196 Å². The Morgan fingerprint density at radius 3 is 2.55 bits per heavy atom. The van der Waals surface area contributed by atoms with Crippen LogP contribution >= 0.6 is 0 Å². The summed E-state index contributed by atoms with van der Waals surface area (Å²) in [6.45, 7) is 7.88. The number of carbonyl (C=O) groups excluding carboxylic acids is 1. The molecule has 1 aliphatic heterocycles. The lowest BCUT2D eigenvalue weighted by Crippen LogP contribution is -2.53. The minimum Gasteiger partial charge on any atom is -0.494 e. The summed E-state index contributed by atoms with van der Waals surface area (Å²) in [4.78, 5) is 18.1. The van der Waals surface area contributed by atoms with E-state index in [2.05, 4.69) is 31.6 Å². The number of carbonyl (C=O) groups is 1. The Balaban J connectivity index is 1.74. The van der Waals surface area contributed by atoms with Gasteiger partial charge in [0.15, 0.2) is 5.54 Å². The summed E-state index contributed by atoms with van der Waals surface area (Å²) in [5.41, 5.74) is 6.83. The SMILES string of the molecule is CC(C)(C)CCNNC(=O)[C@]1(Cc2ccccc2)COC(c2ccc(OCCCO)cc2)=N1. The highest BCUT2D eigenvalue weighted by molar-refractivity contribution is 6.00. The van der Waals surface area contributed by atoms with E-state index in [4.69, 9.17) is 19.6 Å². The second-order valence-corrected chi connectivity index (χ2v) is 9.54. The first-order valence-corrected chi connectivity index (χ1v) is 11.5.